The summed E-state index contributed by atoms with van der Waals surface area (Å²) in [5.41, 5.74) is 0. The molecule has 3 nitrogen and oxygen atoms in total. The molecule has 0 aromatic carbocycles. The SMILES string of the molecule is CNC(C)C(=O)CC1CCOCC1. The van der Waals surface area contributed by atoms with Crippen LogP contribution < -0.4 is 5.32 Å². The highest BCUT2D eigenvalue weighted by Gasteiger charge is 2.19. The van der Waals surface area contributed by atoms with E-state index in [4.69, 9.17) is 4.74 Å². The summed E-state index contributed by atoms with van der Waals surface area (Å²) in [7, 11) is 1.83. The lowest BCUT2D eigenvalue weighted by atomic mass is 9.92. The fourth-order valence-electron chi connectivity index (χ4n) is 1.57. The van der Waals surface area contributed by atoms with Crippen molar-refractivity contribution >= 4 is 5.78 Å². The molecule has 0 spiro atoms. The Bertz CT molecular complexity index is 164. The van der Waals surface area contributed by atoms with Crippen molar-refractivity contribution in [2.45, 2.75) is 32.2 Å². The maximum Gasteiger partial charge on any atom is 0.149 e. The minimum atomic E-state index is 0.00263. The Balaban J connectivity index is 2.26. The van der Waals surface area contributed by atoms with Gasteiger partial charge in [0.25, 0.3) is 0 Å². The summed E-state index contributed by atoms with van der Waals surface area (Å²) in [6, 6.07) is 0.00263. The van der Waals surface area contributed by atoms with Crippen molar-refractivity contribution in [2.24, 2.45) is 5.92 Å². The molecule has 1 aliphatic heterocycles. The van der Waals surface area contributed by atoms with E-state index >= 15 is 0 Å². The number of nitrogens with one attached hydrogen (secondary N) is 1. The van der Waals surface area contributed by atoms with Crippen molar-refractivity contribution in [3.63, 3.8) is 0 Å². The van der Waals surface area contributed by atoms with Gasteiger partial charge in [-0.25, -0.2) is 0 Å². The lowest BCUT2D eigenvalue weighted by Crippen LogP contribution is -2.33. The van der Waals surface area contributed by atoms with E-state index in [1.54, 1.807) is 0 Å². The molecule has 0 aliphatic carbocycles. The van der Waals surface area contributed by atoms with Gasteiger partial charge in [0.15, 0.2) is 0 Å². The van der Waals surface area contributed by atoms with Crippen molar-refractivity contribution in [3.05, 3.63) is 0 Å². The monoisotopic (exact) mass is 185 g/mol. The first-order valence-electron chi connectivity index (χ1n) is 5.01. The van der Waals surface area contributed by atoms with Gasteiger partial charge in [0.1, 0.15) is 5.78 Å². The third kappa shape index (κ3) is 3.44. The van der Waals surface area contributed by atoms with Gasteiger partial charge in [-0.15, -0.1) is 0 Å². The lowest BCUT2D eigenvalue weighted by Gasteiger charge is -2.22. The second-order valence-corrected chi connectivity index (χ2v) is 3.74. The molecule has 0 saturated carbocycles. The molecule has 13 heavy (non-hydrogen) atoms. The smallest absolute Gasteiger partial charge is 0.149 e. The number of carbonyl (C=O) groups excluding carboxylic acids is 1. The number of Topliss-reactive ketones (excluding diaryl/α,β-unsaturated/α-hetero) is 1. The van der Waals surface area contributed by atoms with Crippen molar-refractivity contribution in [1.82, 2.24) is 5.32 Å². The zero-order valence-corrected chi connectivity index (χ0v) is 8.51. The number of rotatable bonds is 4. The van der Waals surface area contributed by atoms with E-state index < -0.39 is 0 Å². The number of ketones is 1. The van der Waals surface area contributed by atoms with Crippen molar-refractivity contribution in [2.75, 3.05) is 20.3 Å². The summed E-state index contributed by atoms with van der Waals surface area (Å²) >= 11 is 0. The fourth-order valence-corrected chi connectivity index (χ4v) is 1.57. The number of likely N-dealkylation sites (N-methyl/N-ethyl adjacent to an activating group) is 1. The summed E-state index contributed by atoms with van der Waals surface area (Å²) in [4.78, 5) is 11.5. The van der Waals surface area contributed by atoms with Crippen LogP contribution >= 0.6 is 0 Å². The molecular formula is C10H19NO2. The Morgan fingerprint density at radius 1 is 1.54 bits per heavy atom. The number of hydrogen-bond donors (Lipinski definition) is 1. The summed E-state index contributed by atoms with van der Waals surface area (Å²) in [6.45, 7) is 3.57. The van der Waals surface area contributed by atoms with Crippen LogP contribution in [0.25, 0.3) is 0 Å². The van der Waals surface area contributed by atoms with Gasteiger partial charge in [0.05, 0.1) is 6.04 Å². The van der Waals surface area contributed by atoms with Crippen molar-refractivity contribution < 1.29 is 9.53 Å². The van der Waals surface area contributed by atoms with Crippen LogP contribution in [0.4, 0.5) is 0 Å². The molecule has 0 aromatic rings. The first-order valence-corrected chi connectivity index (χ1v) is 5.01. The van der Waals surface area contributed by atoms with Crippen LogP contribution in [0, 0.1) is 5.92 Å². The van der Waals surface area contributed by atoms with E-state index in [2.05, 4.69) is 5.32 Å². The van der Waals surface area contributed by atoms with Gasteiger partial charge < -0.3 is 10.1 Å². The standard InChI is InChI=1S/C10H19NO2/c1-8(11-2)10(12)7-9-3-5-13-6-4-9/h8-9,11H,3-7H2,1-2H3. The highest BCUT2D eigenvalue weighted by atomic mass is 16.5. The van der Waals surface area contributed by atoms with Gasteiger partial charge in [-0.1, -0.05) is 0 Å². The fraction of sp³-hybridized carbons (Fsp3) is 0.900. The summed E-state index contributed by atoms with van der Waals surface area (Å²) in [6.07, 6.45) is 2.80. The largest absolute Gasteiger partial charge is 0.381 e. The average molecular weight is 185 g/mol. The molecule has 1 saturated heterocycles. The van der Waals surface area contributed by atoms with E-state index in [0.29, 0.717) is 18.1 Å². The summed E-state index contributed by atoms with van der Waals surface area (Å²) in [5, 5.41) is 2.97. The lowest BCUT2D eigenvalue weighted by molar-refractivity contribution is -0.122. The van der Waals surface area contributed by atoms with Crippen LogP contribution in [0.3, 0.4) is 0 Å². The zero-order valence-electron chi connectivity index (χ0n) is 8.51. The molecule has 1 aliphatic rings. The normalized spacial score (nSPS) is 21.4. The molecule has 1 fully saturated rings. The van der Waals surface area contributed by atoms with Crippen LogP contribution in [-0.2, 0) is 9.53 Å². The predicted molar refractivity (Wildman–Crippen MR) is 51.7 cm³/mol. The third-order valence-corrected chi connectivity index (χ3v) is 2.75. The van der Waals surface area contributed by atoms with E-state index in [9.17, 15) is 4.79 Å². The molecule has 3 heteroatoms. The first kappa shape index (κ1) is 10.7. The maximum absolute atomic E-state index is 11.5. The highest BCUT2D eigenvalue weighted by Crippen LogP contribution is 2.19. The molecule has 1 heterocycles. The number of hydrogen-bond acceptors (Lipinski definition) is 3. The van der Waals surface area contributed by atoms with Crippen LogP contribution in [0.2, 0.25) is 0 Å². The summed E-state index contributed by atoms with van der Waals surface area (Å²) < 4.78 is 5.24. The van der Waals surface area contributed by atoms with Crippen LogP contribution in [-0.4, -0.2) is 32.1 Å². The second-order valence-electron chi connectivity index (χ2n) is 3.74. The van der Waals surface area contributed by atoms with Gasteiger partial charge in [0.2, 0.25) is 0 Å². The van der Waals surface area contributed by atoms with Gasteiger partial charge in [-0.3, -0.25) is 4.79 Å². The molecule has 1 unspecified atom stereocenters. The van der Waals surface area contributed by atoms with E-state index in [1.165, 1.54) is 0 Å². The summed E-state index contributed by atoms with van der Waals surface area (Å²) in [5.74, 6) is 0.881. The molecule has 1 N–H and O–H groups in total. The maximum atomic E-state index is 11.5. The molecular weight excluding hydrogens is 166 g/mol. The molecule has 76 valence electrons. The quantitative estimate of drug-likeness (QED) is 0.709. The molecule has 0 radical (unpaired) electrons. The molecule has 0 bridgehead atoms. The van der Waals surface area contributed by atoms with Gasteiger partial charge in [-0.05, 0) is 32.7 Å². The molecule has 1 atom stereocenters. The van der Waals surface area contributed by atoms with E-state index in [0.717, 1.165) is 26.1 Å². The van der Waals surface area contributed by atoms with Crippen LogP contribution in [0.15, 0.2) is 0 Å². The molecule has 1 rings (SSSR count). The van der Waals surface area contributed by atoms with Gasteiger partial charge >= 0.3 is 0 Å². The van der Waals surface area contributed by atoms with Crippen molar-refractivity contribution in [1.29, 1.82) is 0 Å². The van der Waals surface area contributed by atoms with Gasteiger partial charge in [-0.2, -0.15) is 0 Å². The Morgan fingerprint density at radius 3 is 2.69 bits per heavy atom. The second kappa shape index (κ2) is 5.35. The number of carbonyl (C=O) groups is 1. The Hall–Kier alpha value is -0.410. The average Bonchev–Trinajstić information content (AvgIpc) is 2.18. The third-order valence-electron chi connectivity index (χ3n) is 2.75. The van der Waals surface area contributed by atoms with E-state index in [-0.39, 0.29) is 6.04 Å². The van der Waals surface area contributed by atoms with Crippen LogP contribution in [0.1, 0.15) is 26.2 Å². The molecule has 0 aromatic heterocycles. The topological polar surface area (TPSA) is 38.3 Å². The number of ether oxygens (including phenoxy) is 1. The highest BCUT2D eigenvalue weighted by molar-refractivity contribution is 5.83. The zero-order chi connectivity index (χ0) is 9.68. The minimum Gasteiger partial charge on any atom is -0.381 e. The Morgan fingerprint density at radius 2 is 2.15 bits per heavy atom. The Labute approximate surface area is 79.8 Å². The van der Waals surface area contributed by atoms with Gasteiger partial charge in [0, 0.05) is 19.6 Å². The first-order chi connectivity index (χ1) is 6.24. The molecule has 0 amide bonds. The van der Waals surface area contributed by atoms with Crippen molar-refractivity contribution in [3.8, 4) is 0 Å². The predicted octanol–water partition coefficient (Wildman–Crippen LogP) is 0.980. The van der Waals surface area contributed by atoms with E-state index in [1.807, 2.05) is 14.0 Å². The Kier molecular flexibility index (Phi) is 4.39. The minimum absolute atomic E-state index is 0.00263. The van der Waals surface area contributed by atoms with Crippen LogP contribution in [0.5, 0.6) is 0 Å².